The molecule has 0 aliphatic heterocycles. The summed E-state index contributed by atoms with van der Waals surface area (Å²) in [7, 11) is 3.37. The average Bonchev–Trinajstić information content (AvgIpc) is 2.45. The number of nitrogens with zero attached hydrogens (tertiary/aromatic N) is 1. The van der Waals surface area contributed by atoms with Crippen molar-refractivity contribution in [2.45, 2.75) is 6.92 Å². The second-order valence-electron chi connectivity index (χ2n) is 5.04. The van der Waals surface area contributed by atoms with E-state index in [2.05, 4.69) is 5.32 Å². The summed E-state index contributed by atoms with van der Waals surface area (Å²) in [5.41, 5.74) is 8.64. The molecule has 2 aromatic carbocycles. The Morgan fingerprint density at radius 3 is 2.57 bits per heavy atom. The van der Waals surface area contributed by atoms with E-state index >= 15 is 0 Å². The molecule has 110 valence electrons. The van der Waals surface area contributed by atoms with Crippen LogP contribution in [0.3, 0.4) is 0 Å². The topological polar surface area (TPSA) is 58.4 Å². The summed E-state index contributed by atoms with van der Waals surface area (Å²) in [4.78, 5) is 13.5. The molecular weight excluding hydrogens is 269 g/mol. The van der Waals surface area contributed by atoms with Gasteiger partial charge in [-0.1, -0.05) is 6.07 Å². The summed E-state index contributed by atoms with van der Waals surface area (Å²) in [5, 5.41) is 3.08. The highest BCUT2D eigenvalue weighted by atomic mass is 19.1. The van der Waals surface area contributed by atoms with Crippen LogP contribution in [0.25, 0.3) is 0 Å². The lowest BCUT2D eigenvalue weighted by atomic mass is 10.1. The first kappa shape index (κ1) is 14.8. The average molecular weight is 287 g/mol. The van der Waals surface area contributed by atoms with E-state index < -0.39 is 0 Å². The lowest BCUT2D eigenvalue weighted by Crippen LogP contribution is -2.21. The fourth-order valence-corrected chi connectivity index (χ4v) is 1.94. The highest BCUT2D eigenvalue weighted by Crippen LogP contribution is 2.27. The number of hydrogen-bond donors (Lipinski definition) is 2. The van der Waals surface area contributed by atoms with Gasteiger partial charge in [-0.15, -0.1) is 0 Å². The van der Waals surface area contributed by atoms with Crippen LogP contribution in [0.4, 0.5) is 21.5 Å². The summed E-state index contributed by atoms with van der Waals surface area (Å²) in [5.74, 6) is -0.409. The minimum atomic E-state index is -0.293. The third-order valence-electron chi connectivity index (χ3n) is 3.24. The fourth-order valence-electron chi connectivity index (χ4n) is 1.94. The molecule has 0 aliphatic carbocycles. The minimum absolute atomic E-state index is 0.117. The summed E-state index contributed by atoms with van der Waals surface area (Å²) in [6, 6.07) is 9.78. The second-order valence-corrected chi connectivity index (χ2v) is 5.04. The van der Waals surface area contributed by atoms with Gasteiger partial charge in [0.15, 0.2) is 0 Å². The summed E-state index contributed by atoms with van der Waals surface area (Å²) >= 11 is 0. The summed E-state index contributed by atoms with van der Waals surface area (Å²) in [6.07, 6.45) is 0. The van der Waals surface area contributed by atoms with Crippen LogP contribution in [0.15, 0.2) is 36.4 Å². The zero-order chi connectivity index (χ0) is 15.6. The van der Waals surface area contributed by atoms with Crippen LogP contribution in [0.1, 0.15) is 15.9 Å². The van der Waals surface area contributed by atoms with Crippen LogP contribution in [0.2, 0.25) is 0 Å². The standard InChI is InChI=1S/C16H18FN3O/c1-10-12(17)5-4-6-14(10)19-15-9-11(7-8-13(15)18)16(21)20(2)3/h4-9,19H,18H2,1-3H3. The summed E-state index contributed by atoms with van der Waals surface area (Å²) in [6.45, 7) is 1.68. The molecule has 0 bridgehead atoms. The van der Waals surface area contributed by atoms with E-state index in [9.17, 15) is 9.18 Å². The molecule has 0 fully saturated rings. The van der Waals surface area contributed by atoms with Gasteiger partial charge in [-0.3, -0.25) is 4.79 Å². The number of anilines is 3. The Morgan fingerprint density at radius 1 is 1.19 bits per heavy atom. The Labute approximate surface area is 123 Å². The van der Waals surface area contributed by atoms with Crippen molar-refractivity contribution >= 4 is 23.0 Å². The molecule has 0 heterocycles. The number of carbonyl (C=O) groups is 1. The van der Waals surface area contributed by atoms with E-state index in [4.69, 9.17) is 5.73 Å². The van der Waals surface area contributed by atoms with Gasteiger partial charge in [-0.25, -0.2) is 4.39 Å². The molecule has 0 saturated carbocycles. The molecule has 0 saturated heterocycles. The van der Waals surface area contributed by atoms with Crippen LogP contribution in [-0.2, 0) is 0 Å². The number of benzene rings is 2. The van der Waals surface area contributed by atoms with Crippen LogP contribution in [-0.4, -0.2) is 24.9 Å². The molecule has 0 aromatic heterocycles. The molecule has 5 heteroatoms. The van der Waals surface area contributed by atoms with Crippen molar-refractivity contribution in [3.8, 4) is 0 Å². The Morgan fingerprint density at radius 2 is 1.90 bits per heavy atom. The fraction of sp³-hybridized carbons (Fsp3) is 0.188. The predicted molar refractivity (Wildman–Crippen MR) is 83.3 cm³/mol. The number of rotatable bonds is 3. The quantitative estimate of drug-likeness (QED) is 0.853. The first-order valence-electron chi connectivity index (χ1n) is 6.53. The van der Waals surface area contributed by atoms with E-state index in [0.717, 1.165) is 0 Å². The van der Waals surface area contributed by atoms with Crippen LogP contribution < -0.4 is 11.1 Å². The molecule has 0 atom stereocenters. The SMILES string of the molecule is Cc1c(F)cccc1Nc1cc(C(=O)N(C)C)ccc1N. The first-order valence-corrected chi connectivity index (χ1v) is 6.53. The van der Waals surface area contributed by atoms with Crippen molar-refractivity contribution in [3.63, 3.8) is 0 Å². The first-order chi connectivity index (χ1) is 9.90. The molecular formula is C16H18FN3O. The van der Waals surface area contributed by atoms with Crippen molar-refractivity contribution in [3.05, 3.63) is 53.3 Å². The third kappa shape index (κ3) is 3.13. The van der Waals surface area contributed by atoms with Crippen molar-refractivity contribution in [2.75, 3.05) is 25.1 Å². The number of amides is 1. The molecule has 0 spiro atoms. The largest absolute Gasteiger partial charge is 0.397 e. The lowest BCUT2D eigenvalue weighted by molar-refractivity contribution is 0.0827. The van der Waals surface area contributed by atoms with Gasteiger partial charge in [-0.2, -0.15) is 0 Å². The third-order valence-corrected chi connectivity index (χ3v) is 3.24. The Hall–Kier alpha value is -2.56. The number of halogens is 1. The maximum absolute atomic E-state index is 13.6. The van der Waals surface area contributed by atoms with Crippen LogP contribution >= 0.6 is 0 Å². The maximum Gasteiger partial charge on any atom is 0.253 e. The van der Waals surface area contributed by atoms with Gasteiger partial charge in [0.2, 0.25) is 0 Å². The molecule has 0 unspecified atom stereocenters. The minimum Gasteiger partial charge on any atom is -0.397 e. The van der Waals surface area contributed by atoms with Crippen molar-refractivity contribution < 1.29 is 9.18 Å². The van der Waals surface area contributed by atoms with E-state index in [1.165, 1.54) is 11.0 Å². The Balaban J connectivity index is 2.38. The van der Waals surface area contributed by atoms with Gasteiger partial charge < -0.3 is 16.0 Å². The number of nitrogens with two attached hydrogens (primary N) is 1. The van der Waals surface area contributed by atoms with E-state index in [0.29, 0.717) is 28.2 Å². The Kier molecular flexibility index (Phi) is 4.12. The van der Waals surface area contributed by atoms with Crippen molar-refractivity contribution in [2.24, 2.45) is 0 Å². The van der Waals surface area contributed by atoms with Gasteiger partial charge in [-0.05, 0) is 37.3 Å². The molecule has 0 aliphatic rings. The van der Waals surface area contributed by atoms with E-state index in [1.807, 2.05) is 0 Å². The van der Waals surface area contributed by atoms with Gasteiger partial charge in [0.25, 0.3) is 5.91 Å². The maximum atomic E-state index is 13.6. The molecule has 2 rings (SSSR count). The zero-order valence-electron chi connectivity index (χ0n) is 12.3. The summed E-state index contributed by atoms with van der Waals surface area (Å²) < 4.78 is 13.6. The number of nitrogen functional groups attached to an aromatic ring is 1. The predicted octanol–water partition coefficient (Wildman–Crippen LogP) is 3.16. The highest BCUT2D eigenvalue weighted by molar-refractivity contribution is 5.96. The highest BCUT2D eigenvalue weighted by Gasteiger charge is 2.11. The molecule has 4 nitrogen and oxygen atoms in total. The van der Waals surface area contributed by atoms with Gasteiger partial charge in [0.05, 0.1) is 11.4 Å². The Bertz CT molecular complexity index is 683. The number of carbonyl (C=O) groups excluding carboxylic acids is 1. The van der Waals surface area contributed by atoms with Crippen molar-refractivity contribution in [1.29, 1.82) is 0 Å². The zero-order valence-corrected chi connectivity index (χ0v) is 12.3. The number of nitrogens with one attached hydrogen (secondary N) is 1. The monoisotopic (exact) mass is 287 g/mol. The van der Waals surface area contributed by atoms with E-state index in [1.54, 1.807) is 51.4 Å². The lowest BCUT2D eigenvalue weighted by Gasteiger charge is -2.15. The normalized spacial score (nSPS) is 10.3. The molecule has 2 aromatic rings. The molecule has 1 amide bonds. The van der Waals surface area contributed by atoms with Crippen LogP contribution in [0.5, 0.6) is 0 Å². The molecule has 21 heavy (non-hydrogen) atoms. The second kappa shape index (κ2) is 5.83. The number of hydrogen-bond acceptors (Lipinski definition) is 3. The van der Waals surface area contributed by atoms with Crippen molar-refractivity contribution in [1.82, 2.24) is 4.90 Å². The van der Waals surface area contributed by atoms with Gasteiger partial charge in [0.1, 0.15) is 5.82 Å². The van der Waals surface area contributed by atoms with E-state index in [-0.39, 0.29) is 11.7 Å². The van der Waals surface area contributed by atoms with Crippen LogP contribution in [0, 0.1) is 12.7 Å². The molecule has 3 N–H and O–H groups in total. The van der Waals surface area contributed by atoms with Gasteiger partial charge >= 0.3 is 0 Å². The smallest absolute Gasteiger partial charge is 0.253 e. The van der Waals surface area contributed by atoms with Gasteiger partial charge in [0, 0.05) is 30.9 Å². The molecule has 0 radical (unpaired) electrons.